The fraction of sp³-hybridized carbons (Fsp3) is 0.250. The summed E-state index contributed by atoms with van der Waals surface area (Å²) >= 11 is 0. The summed E-state index contributed by atoms with van der Waals surface area (Å²) in [6.07, 6.45) is 7.06. The number of pyridine rings is 1. The molecule has 6 nitrogen and oxygen atoms in total. The first kappa shape index (κ1) is 16.3. The van der Waals surface area contributed by atoms with Crippen LogP contribution < -0.4 is 4.74 Å². The standard InChI is InChI=1S/C20H20N4O2/c1-26-19-10-3-2-8-18(19)24-14-15(13-22-24)20(25)23-12-6-9-17(23)16-7-4-5-11-21-16/h2-5,7-8,10-11,13-14,17H,6,9,12H2,1H3/t17-/m1/s1. The van der Waals surface area contributed by atoms with Gasteiger partial charge in [-0.3, -0.25) is 9.78 Å². The predicted molar refractivity (Wildman–Crippen MR) is 97.4 cm³/mol. The van der Waals surface area contributed by atoms with Crippen LogP contribution in [0.2, 0.25) is 0 Å². The van der Waals surface area contributed by atoms with E-state index in [1.54, 1.807) is 30.4 Å². The number of rotatable bonds is 4. The van der Waals surface area contributed by atoms with Gasteiger partial charge in [0, 0.05) is 18.9 Å². The number of amides is 1. The van der Waals surface area contributed by atoms with Gasteiger partial charge in [-0.2, -0.15) is 5.10 Å². The smallest absolute Gasteiger partial charge is 0.257 e. The highest BCUT2D eigenvalue weighted by Crippen LogP contribution is 2.32. The fourth-order valence-electron chi connectivity index (χ4n) is 3.44. The van der Waals surface area contributed by atoms with Crippen molar-refractivity contribution in [2.75, 3.05) is 13.7 Å². The molecule has 0 aliphatic carbocycles. The first-order valence-electron chi connectivity index (χ1n) is 8.68. The molecule has 26 heavy (non-hydrogen) atoms. The number of carbonyl (C=O) groups excluding carboxylic acids is 1. The Hall–Kier alpha value is -3.15. The highest BCUT2D eigenvalue weighted by atomic mass is 16.5. The molecule has 0 saturated carbocycles. The minimum atomic E-state index is -0.0145. The predicted octanol–water partition coefficient (Wildman–Crippen LogP) is 3.25. The molecule has 1 amide bonds. The van der Waals surface area contributed by atoms with E-state index in [1.165, 1.54) is 0 Å². The minimum absolute atomic E-state index is 0.0145. The van der Waals surface area contributed by atoms with E-state index >= 15 is 0 Å². The van der Waals surface area contributed by atoms with Crippen molar-refractivity contribution in [2.45, 2.75) is 18.9 Å². The Balaban J connectivity index is 1.60. The van der Waals surface area contributed by atoms with Crippen molar-refractivity contribution in [3.63, 3.8) is 0 Å². The summed E-state index contributed by atoms with van der Waals surface area (Å²) in [7, 11) is 1.62. The van der Waals surface area contributed by atoms with Crippen molar-refractivity contribution in [1.29, 1.82) is 0 Å². The number of hydrogen-bond donors (Lipinski definition) is 0. The second kappa shape index (κ2) is 7.00. The molecule has 1 aliphatic heterocycles. The number of ether oxygens (including phenoxy) is 1. The van der Waals surface area contributed by atoms with Crippen molar-refractivity contribution in [1.82, 2.24) is 19.7 Å². The average Bonchev–Trinajstić information content (AvgIpc) is 3.38. The molecule has 132 valence electrons. The van der Waals surface area contributed by atoms with E-state index in [4.69, 9.17) is 4.74 Å². The molecule has 1 aromatic carbocycles. The van der Waals surface area contributed by atoms with E-state index in [0.29, 0.717) is 11.3 Å². The third-order valence-electron chi connectivity index (χ3n) is 4.70. The van der Waals surface area contributed by atoms with E-state index < -0.39 is 0 Å². The van der Waals surface area contributed by atoms with E-state index in [1.807, 2.05) is 47.4 Å². The molecule has 0 spiro atoms. The first-order chi connectivity index (χ1) is 12.8. The molecule has 1 saturated heterocycles. The average molecular weight is 348 g/mol. The van der Waals surface area contributed by atoms with Crippen molar-refractivity contribution in [2.24, 2.45) is 0 Å². The van der Waals surface area contributed by atoms with Crippen LogP contribution in [0.4, 0.5) is 0 Å². The van der Waals surface area contributed by atoms with Crippen LogP contribution in [0.25, 0.3) is 5.69 Å². The van der Waals surface area contributed by atoms with Crippen LogP contribution in [0.5, 0.6) is 5.75 Å². The molecule has 0 bridgehead atoms. The van der Waals surface area contributed by atoms with Gasteiger partial charge in [0.2, 0.25) is 0 Å². The van der Waals surface area contributed by atoms with E-state index in [0.717, 1.165) is 30.8 Å². The van der Waals surface area contributed by atoms with E-state index in [9.17, 15) is 4.79 Å². The highest BCUT2D eigenvalue weighted by Gasteiger charge is 2.32. The lowest BCUT2D eigenvalue weighted by Gasteiger charge is -2.23. The first-order valence-corrected chi connectivity index (χ1v) is 8.68. The zero-order valence-corrected chi connectivity index (χ0v) is 14.6. The summed E-state index contributed by atoms with van der Waals surface area (Å²) in [4.78, 5) is 19.4. The molecule has 0 radical (unpaired) electrons. The monoisotopic (exact) mass is 348 g/mol. The molecular weight excluding hydrogens is 328 g/mol. The summed E-state index contributed by atoms with van der Waals surface area (Å²) in [6.45, 7) is 0.736. The molecule has 1 aliphatic rings. The molecule has 0 unspecified atom stereocenters. The van der Waals surface area contributed by atoms with Crippen LogP contribution in [0, 0.1) is 0 Å². The lowest BCUT2D eigenvalue weighted by atomic mass is 10.1. The molecule has 3 heterocycles. The lowest BCUT2D eigenvalue weighted by molar-refractivity contribution is 0.0733. The van der Waals surface area contributed by atoms with Crippen LogP contribution in [-0.4, -0.2) is 39.2 Å². The molecule has 0 N–H and O–H groups in total. The number of nitrogens with zero attached hydrogens (tertiary/aromatic N) is 4. The van der Waals surface area contributed by atoms with Gasteiger partial charge in [-0.1, -0.05) is 18.2 Å². The number of hydrogen-bond acceptors (Lipinski definition) is 4. The van der Waals surface area contributed by atoms with Gasteiger partial charge < -0.3 is 9.64 Å². The van der Waals surface area contributed by atoms with Gasteiger partial charge >= 0.3 is 0 Å². The number of carbonyl (C=O) groups is 1. The highest BCUT2D eigenvalue weighted by molar-refractivity contribution is 5.94. The molecular formula is C20H20N4O2. The Kier molecular flexibility index (Phi) is 4.39. The van der Waals surface area contributed by atoms with Crippen molar-refractivity contribution >= 4 is 5.91 Å². The van der Waals surface area contributed by atoms with Crippen LogP contribution in [0.15, 0.2) is 61.1 Å². The molecule has 3 aromatic rings. The lowest BCUT2D eigenvalue weighted by Crippen LogP contribution is -2.30. The number of benzene rings is 1. The molecule has 1 atom stereocenters. The summed E-state index contributed by atoms with van der Waals surface area (Å²) in [5, 5.41) is 4.36. The van der Waals surface area contributed by atoms with Crippen LogP contribution >= 0.6 is 0 Å². The molecule has 6 heteroatoms. The largest absolute Gasteiger partial charge is 0.494 e. The van der Waals surface area contributed by atoms with Gasteiger partial charge in [0.25, 0.3) is 5.91 Å². The van der Waals surface area contributed by atoms with Crippen LogP contribution in [-0.2, 0) is 0 Å². The molecule has 4 rings (SSSR count). The van der Waals surface area contributed by atoms with Crippen LogP contribution in [0.3, 0.4) is 0 Å². The Morgan fingerprint density at radius 2 is 2.04 bits per heavy atom. The maximum Gasteiger partial charge on any atom is 0.257 e. The summed E-state index contributed by atoms with van der Waals surface area (Å²) in [6, 6.07) is 13.5. The number of aromatic nitrogens is 3. The number of para-hydroxylation sites is 2. The van der Waals surface area contributed by atoms with E-state index in [-0.39, 0.29) is 11.9 Å². The van der Waals surface area contributed by atoms with Crippen molar-refractivity contribution in [3.8, 4) is 11.4 Å². The van der Waals surface area contributed by atoms with Gasteiger partial charge in [-0.25, -0.2) is 4.68 Å². The maximum absolute atomic E-state index is 13.0. The Morgan fingerprint density at radius 1 is 1.19 bits per heavy atom. The van der Waals surface area contributed by atoms with E-state index in [2.05, 4.69) is 10.1 Å². The van der Waals surface area contributed by atoms with Gasteiger partial charge in [-0.05, 0) is 37.1 Å². The number of methoxy groups -OCH3 is 1. The molecule has 1 fully saturated rings. The van der Waals surface area contributed by atoms with Crippen molar-refractivity contribution < 1.29 is 9.53 Å². The third kappa shape index (κ3) is 2.94. The topological polar surface area (TPSA) is 60.2 Å². The van der Waals surface area contributed by atoms with Gasteiger partial charge in [0.1, 0.15) is 11.4 Å². The minimum Gasteiger partial charge on any atom is -0.494 e. The molecule has 2 aromatic heterocycles. The van der Waals surface area contributed by atoms with Gasteiger partial charge in [0.15, 0.2) is 0 Å². The van der Waals surface area contributed by atoms with Gasteiger partial charge in [-0.15, -0.1) is 0 Å². The maximum atomic E-state index is 13.0. The van der Waals surface area contributed by atoms with Crippen LogP contribution in [0.1, 0.15) is 34.9 Å². The zero-order valence-electron chi connectivity index (χ0n) is 14.6. The SMILES string of the molecule is COc1ccccc1-n1cc(C(=O)N2CCC[C@@H]2c2ccccn2)cn1. The summed E-state index contributed by atoms with van der Waals surface area (Å²) in [5.41, 5.74) is 2.31. The summed E-state index contributed by atoms with van der Waals surface area (Å²) in [5.74, 6) is 0.696. The zero-order chi connectivity index (χ0) is 17.9. The fourth-order valence-corrected chi connectivity index (χ4v) is 3.44. The van der Waals surface area contributed by atoms with Gasteiger partial charge in [0.05, 0.1) is 30.6 Å². The Morgan fingerprint density at radius 3 is 2.85 bits per heavy atom. The third-order valence-corrected chi connectivity index (χ3v) is 4.70. The Bertz CT molecular complexity index is 907. The second-order valence-corrected chi connectivity index (χ2v) is 6.26. The second-order valence-electron chi connectivity index (χ2n) is 6.26. The summed E-state index contributed by atoms with van der Waals surface area (Å²) < 4.78 is 7.06. The Labute approximate surface area is 152 Å². The van der Waals surface area contributed by atoms with Crippen molar-refractivity contribution in [3.05, 3.63) is 72.3 Å². The quantitative estimate of drug-likeness (QED) is 0.726. The normalized spacial score (nSPS) is 16.7. The number of likely N-dealkylation sites (tertiary alicyclic amines) is 1.